The topological polar surface area (TPSA) is 80.6 Å². The average molecular weight is 337 g/mol. The molecule has 0 atom stereocenters. The van der Waals surface area contributed by atoms with Crippen molar-refractivity contribution < 1.29 is 18.7 Å². The summed E-state index contributed by atoms with van der Waals surface area (Å²) >= 11 is 5.90. The first-order valence-electron chi connectivity index (χ1n) is 6.97. The molecule has 6 nitrogen and oxygen atoms in total. The Morgan fingerprint density at radius 3 is 2.74 bits per heavy atom. The van der Waals surface area contributed by atoms with Gasteiger partial charge >= 0.3 is 0 Å². The Labute approximate surface area is 138 Å². The van der Waals surface area contributed by atoms with E-state index in [9.17, 15) is 9.59 Å². The van der Waals surface area contributed by atoms with Crippen molar-refractivity contribution in [2.75, 3.05) is 19.0 Å². The van der Waals surface area contributed by atoms with E-state index >= 15 is 0 Å². The Balaban J connectivity index is 1.85. The van der Waals surface area contributed by atoms with Crippen molar-refractivity contribution in [1.29, 1.82) is 0 Å². The van der Waals surface area contributed by atoms with Crippen molar-refractivity contribution in [3.63, 3.8) is 0 Å². The summed E-state index contributed by atoms with van der Waals surface area (Å²) in [6, 6.07) is 6.53. The van der Waals surface area contributed by atoms with Crippen LogP contribution in [0.1, 0.15) is 22.5 Å². The lowest BCUT2D eigenvalue weighted by molar-refractivity contribution is -0.116. The van der Waals surface area contributed by atoms with E-state index in [1.165, 1.54) is 13.4 Å². The molecule has 1 aromatic heterocycles. The van der Waals surface area contributed by atoms with Crippen LogP contribution in [0.2, 0.25) is 5.02 Å². The maximum Gasteiger partial charge on any atom is 0.254 e. The van der Waals surface area contributed by atoms with Gasteiger partial charge in [-0.3, -0.25) is 9.59 Å². The van der Waals surface area contributed by atoms with Crippen molar-refractivity contribution >= 4 is 29.1 Å². The van der Waals surface area contributed by atoms with Crippen LogP contribution >= 0.6 is 11.6 Å². The molecule has 2 rings (SSSR count). The molecule has 0 unspecified atom stereocenters. The summed E-state index contributed by atoms with van der Waals surface area (Å²) < 4.78 is 10.2. The number of anilines is 1. The van der Waals surface area contributed by atoms with Gasteiger partial charge in [0.1, 0.15) is 11.5 Å². The maximum atomic E-state index is 11.9. The SMILES string of the molecule is COc1ccc(Cl)cc1NC(=O)CCNC(=O)c1ccoc1C. The number of methoxy groups -OCH3 is 1. The number of hydrogen-bond acceptors (Lipinski definition) is 4. The van der Waals surface area contributed by atoms with Crippen LogP contribution in [0.4, 0.5) is 5.69 Å². The first-order valence-corrected chi connectivity index (χ1v) is 7.34. The number of rotatable bonds is 6. The summed E-state index contributed by atoms with van der Waals surface area (Å²) in [5.41, 5.74) is 0.948. The minimum absolute atomic E-state index is 0.123. The van der Waals surface area contributed by atoms with Gasteiger partial charge in [-0.05, 0) is 31.2 Å². The number of carbonyl (C=O) groups is 2. The van der Waals surface area contributed by atoms with Gasteiger partial charge in [0.2, 0.25) is 5.91 Å². The molecule has 0 saturated carbocycles. The Hall–Kier alpha value is -2.47. The van der Waals surface area contributed by atoms with Crippen LogP contribution in [-0.4, -0.2) is 25.5 Å². The Bertz CT molecular complexity index is 712. The van der Waals surface area contributed by atoms with Crippen LogP contribution in [0.5, 0.6) is 5.75 Å². The Morgan fingerprint density at radius 2 is 2.09 bits per heavy atom. The number of amides is 2. The summed E-state index contributed by atoms with van der Waals surface area (Å²) in [6.07, 6.45) is 1.57. The van der Waals surface area contributed by atoms with Gasteiger partial charge < -0.3 is 19.8 Å². The molecule has 0 spiro atoms. The van der Waals surface area contributed by atoms with Gasteiger partial charge in [-0.1, -0.05) is 11.6 Å². The van der Waals surface area contributed by atoms with Crippen molar-refractivity contribution in [3.05, 3.63) is 46.9 Å². The van der Waals surface area contributed by atoms with E-state index in [0.717, 1.165) is 0 Å². The largest absolute Gasteiger partial charge is 0.495 e. The zero-order valence-corrected chi connectivity index (χ0v) is 13.6. The third-order valence-electron chi connectivity index (χ3n) is 3.18. The lowest BCUT2D eigenvalue weighted by Gasteiger charge is -2.10. The number of ether oxygens (including phenoxy) is 1. The molecule has 122 valence electrons. The molecule has 2 aromatic rings. The molecule has 0 fully saturated rings. The third kappa shape index (κ3) is 4.50. The number of carbonyl (C=O) groups excluding carboxylic acids is 2. The summed E-state index contributed by atoms with van der Waals surface area (Å²) in [6.45, 7) is 1.91. The minimum Gasteiger partial charge on any atom is -0.495 e. The van der Waals surface area contributed by atoms with Crippen LogP contribution in [0.25, 0.3) is 0 Å². The molecule has 1 aromatic carbocycles. The second-order valence-electron chi connectivity index (χ2n) is 4.79. The molecule has 0 aliphatic heterocycles. The van der Waals surface area contributed by atoms with E-state index in [4.69, 9.17) is 20.8 Å². The number of hydrogen-bond donors (Lipinski definition) is 2. The summed E-state index contributed by atoms with van der Waals surface area (Å²) in [5, 5.41) is 5.86. The fourth-order valence-corrected chi connectivity index (χ4v) is 2.17. The standard InChI is InChI=1S/C16H17ClN2O4/c1-10-12(6-8-23-10)16(21)18-7-5-15(20)19-13-9-11(17)3-4-14(13)22-2/h3-4,6,8-9H,5,7H2,1-2H3,(H,18,21)(H,19,20). The molecule has 1 heterocycles. The van der Waals surface area contributed by atoms with Crippen LogP contribution in [-0.2, 0) is 4.79 Å². The van der Waals surface area contributed by atoms with E-state index in [1.807, 2.05) is 0 Å². The highest BCUT2D eigenvalue weighted by atomic mass is 35.5. The highest BCUT2D eigenvalue weighted by Gasteiger charge is 2.12. The van der Waals surface area contributed by atoms with E-state index in [2.05, 4.69) is 10.6 Å². The first kappa shape index (κ1) is 16.9. The van der Waals surface area contributed by atoms with Gasteiger partial charge in [0.25, 0.3) is 5.91 Å². The molecule has 0 saturated heterocycles. The quantitative estimate of drug-likeness (QED) is 0.849. The molecule has 23 heavy (non-hydrogen) atoms. The Kier molecular flexibility index (Phi) is 5.65. The lowest BCUT2D eigenvalue weighted by atomic mass is 10.2. The smallest absolute Gasteiger partial charge is 0.254 e. The number of nitrogens with one attached hydrogen (secondary N) is 2. The van der Waals surface area contributed by atoms with E-state index in [1.54, 1.807) is 31.2 Å². The molecule has 2 amide bonds. The Morgan fingerprint density at radius 1 is 1.30 bits per heavy atom. The lowest BCUT2D eigenvalue weighted by Crippen LogP contribution is -2.27. The van der Waals surface area contributed by atoms with Crippen LogP contribution < -0.4 is 15.4 Å². The van der Waals surface area contributed by atoms with Gasteiger partial charge in [0.05, 0.1) is 24.6 Å². The van der Waals surface area contributed by atoms with Gasteiger partial charge in [0.15, 0.2) is 0 Å². The summed E-state index contributed by atoms with van der Waals surface area (Å²) in [4.78, 5) is 23.8. The predicted octanol–water partition coefficient (Wildman–Crippen LogP) is 3.01. The van der Waals surface area contributed by atoms with Crippen LogP contribution in [0.3, 0.4) is 0 Å². The fourth-order valence-electron chi connectivity index (χ4n) is 2.00. The zero-order chi connectivity index (χ0) is 16.8. The predicted molar refractivity (Wildman–Crippen MR) is 87.0 cm³/mol. The summed E-state index contributed by atoms with van der Waals surface area (Å²) in [7, 11) is 1.51. The normalized spacial score (nSPS) is 10.2. The van der Waals surface area contributed by atoms with Crippen LogP contribution in [0.15, 0.2) is 34.9 Å². The minimum atomic E-state index is -0.274. The average Bonchev–Trinajstić information content (AvgIpc) is 2.93. The van der Waals surface area contributed by atoms with E-state index in [0.29, 0.717) is 27.8 Å². The number of benzene rings is 1. The zero-order valence-electron chi connectivity index (χ0n) is 12.8. The second-order valence-corrected chi connectivity index (χ2v) is 5.23. The third-order valence-corrected chi connectivity index (χ3v) is 3.41. The van der Waals surface area contributed by atoms with E-state index < -0.39 is 0 Å². The highest BCUT2D eigenvalue weighted by molar-refractivity contribution is 6.31. The van der Waals surface area contributed by atoms with Crippen molar-refractivity contribution in [2.24, 2.45) is 0 Å². The van der Waals surface area contributed by atoms with Gasteiger partial charge in [-0.25, -0.2) is 0 Å². The molecule has 0 bridgehead atoms. The van der Waals surface area contributed by atoms with E-state index in [-0.39, 0.29) is 24.8 Å². The van der Waals surface area contributed by atoms with Gasteiger partial charge in [-0.2, -0.15) is 0 Å². The second kappa shape index (κ2) is 7.69. The molecule has 0 radical (unpaired) electrons. The summed E-state index contributed by atoms with van der Waals surface area (Å²) in [5.74, 6) is 0.524. The van der Waals surface area contributed by atoms with Crippen molar-refractivity contribution in [2.45, 2.75) is 13.3 Å². The van der Waals surface area contributed by atoms with Crippen molar-refractivity contribution in [3.8, 4) is 5.75 Å². The number of halogens is 1. The molecule has 2 N–H and O–H groups in total. The van der Waals surface area contributed by atoms with Gasteiger partial charge in [0, 0.05) is 18.0 Å². The van der Waals surface area contributed by atoms with Crippen LogP contribution in [0, 0.1) is 6.92 Å². The fraction of sp³-hybridized carbons (Fsp3) is 0.250. The maximum absolute atomic E-state index is 11.9. The molecule has 0 aliphatic rings. The molecule has 0 aliphatic carbocycles. The van der Waals surface area contributed by atoms with Crippen molar-refractivity contribution in [1.82, 2.24) is 5.32 Å². The molecule has 7 heteroatoms. The number of aryl methyl sites for hydroxylation is 1. The first-order chi connectivity index (χ1) is 11.0. The monoisotopic (exact) mass is 336 g/mol. The highest BCUT2D eigenvalue weighted by Crippen LogP contribution is 2.27. The molecular formula is C16H17ClN2O4. The molecular weight excluding hydrogens is 320 g/mol. The number of furan rings is 1. The van der Waals surface area contributed by atoms with Gasteiger partial charge in [-0.15, -0.1) is 0 Å².